The van der Waals surface area contributed by atoms with E-state index in [1.165, 1.54) is 12.8 Å². The molecule has 0 atom stereocenters. The minimum absolute atomic E-state index is 0.108. The fourth-order valence-electron chi connectivity index (χ4n) is 2.72. The molecule has 1 saturated carbocycles. The minimum Gasteiger partial charge on any atom is -0.468 e. The second-order valence-electron chi connectivity index (χ2n) is 5.75. The van der Waals surface area contributed by atoms with Crippen molar-refractivity contribution in [2.45, 2.75) is 32.0 Å². The van der Waals surface area contributed by atoms with Gasteiger partial charge in [0.15, 0.2) is 0 Å². The lowest BCUT2D eigenvalue weighted by Gasteiger charge is -2.19. The van der Waals surface area contributed by atoms with Gasteiger partial charge >= 0.3 is 0 Å². The van der Waals surface area contributed by atoms with Crippen molar-refractivity contribution in [3.63, 3.8) is 0 Å². The van der Waals surface area contributed by atoms with Crippen molar-refractivity contribution in [3.05, 3.63) is 64.5 Å². The molecule has 22 heavy (non-hydrogen) atoms. The van der Waals surface area contributed by atoms with Crippen molar-refractivity contribution in [3.8, 4) is 0 Å². The Hall–Kier alpha value is -2.40. The first-order valence-corrected chi connectivity index (χ1v) is 7.54. The maximum absolute atomic E-state index is 12.2. The summed E-state index contributed by atoms with van der Waals surface area (Å²) in [5.74, 6) is 0.920. The van der Waals surface area contributed by atoms with Crippen LogP contribution in [0.4, 0.5) is 0 Å². The lowest BCUT2D eigenvalue weighted by atomic mass is 10.2. The van der Waals surface area contributed by atoms with E-state index >= 15 is 0 Å². The molecule has 1 N–H and O–H groups in total. The van der Waals surface area contributed by atoms with Crippen LogP contribution in [0.3, 0.4) is 0 Å². The highest BCUT2D eigenvalue weighted by Gasteiger charge is 2.30. The van der Waals surface area contributed by atoms with Crippen LogP contribution in [-0.2, 0) is 13.1 Å². The predicted molar refractivity (Wildman–Crippen MR) is 83.3 cm³/mol. The number of aromatic nitrogens is 2. The van der Waals surface area contributed by atoms with Gasteiger partial charge in [0.25, 0.3) is 5.56 Å². The third-order valence-electron chi connectivity index (χ3n) is 4.02. The maximum Gasteiger partial charge on any atom is 0.271 e. The predicted octanol–water partition coefficient (Wildman–Crippen LogP) is 2.68. The first kappa shape index (κ1) is 13.3. The number of para-hydroxylation sites is 2. The number of nitrogens with one attached hydrogen (secondary N) is 1. The summed E-state index contributed by atoms with van der Waals surface area (Å²) in [5, 5.41) is 0. The summed E-state index contributed by atoms with van der Waals surface area (Å²) in [4.78, 5) is 22.0. The molecule has 2 aromatic heterocycles. The first-order valence-electron chi connectivity index (χ1n) is 7.54. The Morgan fingerprint density at radius 1 is 1.18 bits per heavy atom. The summed E-state index contributed by atoms with van der Waals surface area (Å²) >= 11 is 0. The van der Waals surface area contributed by atoms with Gasteiger partial charge < -0.3 is 9.40 Å². The molecular weight excluding hydrogens is 278 g/mol. The third kappa shape index (κ3) is 2.67. The van der Waals surface area contributed by atoms with Crippen LogP contribution in [0, 0.1) is 0 Å². The normalized spacial score (nSPS) is 14.8. The molecule has 3 aromatic rings. The number of nitrogens with zero attached hydrogens (tertiary/aromatic N) is 2. The fraction of sp³-hybridized carbons (Fsp3) is 0.294. The Morgan fingerprint density at radius 2 is 2.05 bits per heavy atom. The number of H-pyrrole nitrogens is 1. The van der Waals surface area contributed by atoms with Crippen LogP contribution in [0.1, 0.15) is 24.3 Å². The number of benzene rings is 1. The van der Waals surface area contributed by atoms with Crippen LogP contribution in [0.25, 0.3) is 11.0 Å². The maximum atomic E-state index is 12.2. The summed E-state index contributed by atoms with van der Waals surface area (Å²) in [6.07, 6.45) is 4.03. The molecule has 2 heterocycles. The molecule has 5 heteroatoms. The highest BCUT2D eigenvalue weighted by molar-refractivity contribution is 5.73. The van der Waals surface area contributed by atoms with Gasteiger partial charge in [-0.3, -0.25) is 9.69 Å². The quantitative estimate of drug-likeness (QED) is 0.786. The van der Waals surface area contributed by atoms with E-state index in [0.29, 0.717) is 24.8 Å². The largest absolute Gasteiger partial charge is 0.468 e. The minimum atomic E-state index is -0.108. The van der Waals surface area contributed by atoms with Crippen molar-refractivity contribution in [2.24, 2.45) is 0 Å². The molecule has 1 aliphatic carbocycles. The number of hydrogen-bond acceptors (Lipinski definition) is 4. The van der Waals surface area contributed by atoms with Gasteiger partial charge in [0.1, 0.15) is 11.5 Å². The molecule has 4 rings (SSSR count). The molecule has 0 bridgehead atoms. The standard InChI is InChI=1S/C17H17N3O2/c21-17-16(18-14-5-1-2-6-15(14)19-17)11-20(12-7-8-12)10-13-4-3-9-22-13/h1-6,9,12H,7-8,10-11H2,(H,19,21). The smallest absolute Gasteiger partial charge is 0.271 e. The Kier molecular flexibility index (Phi) is 3.27. The van der Waals surface area contributed by atoms with Crippen LogP contribution in [0.5, 0.6) is 0 Å². The van der Waals surface area contributed by atoms with Crippen LogP contribution in [-0.4, -0.2) is 20.9 Å². The highest BCUT2D eigenvalue weighted by atomic mass is 16.3. The Balaban J connectivity index is 1.63. The second kappa shape index (κ2) is 5.42. The third-order valence-corrected chi connectivity index (χ3v) is 4.02. The van der Waals surface area contributed by atoms with Gasteiger partial charge in [0.2, 0.25) is 0 Å². The van der Waals surface area contributed by atoms with Crippen molar-refractivity contribution in [1.29, 1.82) is 0 Å². The van der Waals surface area contributed by atoms with Gasteiger partial charge in [-0.15, -0.1) is 0 Å². The zero-order chi connectivity index (χ0) is 14.9. The van der Waals surface area contributed by atoms with Gasteiger partial charge in [-0.25, -0.2) is 4.98 Å². The Bertz CT molecular complexity index is 834. The molecule has 0 unspecified atom stereocenters. The van der Waals surface area contributed by atoms with Crippen molar-refractivity contribution in [1.82, 2.24) is 14.9 Å². The van der Waals surface area contributed by atoms with Gasteiger partial charge in [0, 0.05) is 12.6 Å². The van der Waals surface area contributed by atoms with Gasteiger partial charge in [-0.05, 0) is 37.1 Å². The van der Waals surface area contributed by atoms with E-state index in [1.807, 2.05) is 36.4 Å². The number of fused-ring (bicyclic) bond motifs is 1. The molecule has 112 valence electrons. The van der Waals surface area contributed by atoms with Crippen LogP contribution in [0.15, 0.2) is 51.9 Å². The lowest BCUT2D eigenvalue weighted by molar-refractivity contribution is 0.222. The zero-order valence-electron chi connectivity index (χ0n) is 12.2. The molecule has 1 aliphatic rings. The number of hydrogen-bond donors (Lipinski definition) is 1. The molecule has 1 aromatic carbocycles. The van der Waals surface area contributed by atoms with Crippen molar-refractivity contribution in [2.75, 3.05) is 0 Å². The topological polar surface area (TPSA) is 62.1 Å². The van der Waals surface area contributed by atoms with E-state index < -0.39 is 0 Å². The number of rotatable bonds is 5. The van der Waals surface area contributed by atoms with Crippen molar-refractivity contribution >= 4 is 11.0 Å². The van der Waals surface area contributed by atoms with Crippen LogP contribution >= 0.6 is 0 Å². The monoisotopic (exact) mass is 295 g/mol. The molecule has 0 saturated heterocycles. The molecule has 0 radical (unpaired) electrons. The van der Waals surface area contributed by atoms with Gasteiger partial charge in [-0.2, -0.15) is 0 Å². The van der Waals surface area contributed by atoms with E-state index in [4.69, 9.17) is 4.42 Å². The fourth-order valence-corrected chi connectivity index (χ4v) is 2.72. The molecule has 0 spiro atoms. The Labute approximate surface area is 127 Å². The molecule has 1 fully saturated rings. The van der Waals surface area contributed by atoms with E-state index in [1.54, 1.807) is 6.26 Å². The average molecular weight is 295 g/mol. The summed E-state index contributed by atoms with van der Waals surface area (Å²) in [7, 11) is 0. The molecule has 0 aliphatic heterocycles. The lowest BCUT2D eigenvalue weighted by Crippen LogP contribution is -2.29. The summed E-state index contributed by atoms with van der Waals surface area (Å²) in [6, 6.07) is 12.0. The molecule has 0 amide bonds. The summed E-state index contributed by atoms with van der Waals surface area (Å²) in [6.45, 7) is 1.26. The molecule has 5 nitrogen and oxygen atoms in total. The summed E-state index contributed by atoms with van der Waals surface area (Å²) < 4.78 is 5.43. The molecular formula is C17H17N3O2. The van der Waals surface area contributed by atoms with E-state index in [0.717, 1.165) is 16.8 Å². The second-order valence-corrected chi connectivity index (χ2v) is 5.75. The van der Waals surface area contributed by atoms with E-state index in [9.17, 15) is 4.79 Å². The highest BCUT2D eigenvalue weighted by Crippen LogP contribution is 2.29. The van der Waals surface area contributed by atoms with Crippen molar-refractivity contribution < 1.29 is 4.42 Å². The van der Waals surface area contributed by atoms with Gasteiger partial charge in [0.05, 0.1) is 23.8 Å². The number of aromatic amines is 1. The van der Waals surface area contributed by atoms with E-state index in [2.05, 4.69) is 14.9 Å². The van der Waals surface area contributed by atoms with Gasteiger partial charge in [-0.1, -0.05) is 12.1 Å². The van der Waals surface area contributed by atoms with Crippen LogP contribution < -0.4 is 5.56 Å². The van der Waals surface area contributed by atoms with E-state index in [-0.39, 0.29) is 5.56 Å². The zero-order valence-corrected chi connectivity index (χ0v) is 12.2. The average Bonchev–Trinajstić information content (AvgIpc) is 3.25. The Morgan fingerprint density at radius 3 is 2.82 bits per heavy atom. The number of furan rings is 1. The SMILES string of the molecule is O=c1[nH]c2ccccc2nc1CN(Cc1ccco1)C1CC1. The first-order chi connectivity index (χ1) is 10.8. The summed E-state index contributed by atoms with van der Waals surface area (Å²) in [5.41, 5.74) is 2.06. The van der Waals surface area contributed by atoms with Crippen LogP contribution in [0.2, 0.25) is 0 Å².